The Kier molecular flexibility index (Phi) is 4.54. The molecule has 0 bridgehead atoms. The summed E-state index contributed by atoms with van der Waals surface area (Å²) in [4.78, 5) is 26.5. The Hall–Kier alpha value is -1.30. The fourth-order valence-electron chi connectivity index (χ4n) is 1.20. The van der Waals surface area contributed by atoms with Crippen molar-refractivity contribution >= 4 is 17.7 Å². The van der Waals surface area contributed by atoms with Crippen molar-refractivity contribution in [1.82, 2.24) is 9.55 Å². The molecule has 1 rings (SSSR count). The molecule has 1 atom stereocenters. The Morgan fingerprint density at radius 2 is 2.31 bits per heavy atom. The van der Waals surface area contributed by atoms with Crippen molar-refractivity contribution in [2.24, 2.45) is 0 Å². The van der Waals surface area contributed by atoms with Crippen LogP contribution in [0.2, 0.25) is 0 Å². The Morgan fingerprint density at radius 1 is 1.62 bits per heavy atom. The normalized spacial score (nSPS) is 12.4. The lowest BCUT2D eigenvalue weighted by Gasteiger charge is -2.09. The van der Waals surface area contributed by atoms with Crippen LogP contribution in [-0.2, 0) is 11.3 Å². The number of rotatable bonds is 5. The minimum absolute atomic E-state index is 0.227. The maximum Gasteiger partial charge on any atom is 0.317 e. The Bertz CT molecular complexity index is 430. The van der Waals surface area contributed by atoms with Gasteiger partial charge in [0, 0.05) is 18.9 Å². The van der Waals surface area contributed by atoms with Crippen LogP contribution < -0.4 is 5.56 Å². The van der Waals surface area contributed by atoms with Gasteiger partial charge < -0.3 is 9.67 Å². The minimum atomic E-state index is -0.916. The fourth-order valence-corrected chi connectivity index (χ4v) is 2.08. The van der Waals surface area contributed by atoms with Crippen molar-refractivity contribution in [3.8, 4) is 0 Å². The van der Waals surface area contributed by atoms with Gasteiger partial charge in [-0.05, 0) is 13.3 Å². The van der Waals surface area contributed by atoms with E-state index in [4.69, 9.17) is 5.11 Å². The first-order valence-corrected chi connectivity index (χ1v) is 5.93. The van der Waals surface area contributed by atoms with Crippen molar-refractivity contribution in [2.45, 2.75) is 37.1 Å². The van der Waals surface area contributed by atoms with Crippen LogP contribution in [0.3, 0.4) is 0 Å². The summed E-state index contributed by atoms with van der Waals surface area (Å²) in [6.45, 7) is 4.18. The maximum atomic E-state index is 11.8. The lowest BCUT2D eigenvalue weighted by Crippen LogP contribution is -2.24. The number of hydrogen-bond donors (Lipinski definition) is 1. The molecule has 1 N–H and O–H groups in total. The SMILES string of the molecule is CCC(Sc1nccn(CC)c1=O)C(=O)O. The average Bonchev–Trinajstić information content (AvgIpc) is 2.27. The number of nitrogens with zero attached hydrogens (tertiary/aromatic N) is 2. The van der Waals surface area contributed by atoms with Crippen molar-refractivity contribution < 1.29 is 9.90 Å². The van der Waals surface area contributed by atoms with Gasteiger partial charge in [-0.25, -0.2) is 4.98 Å². The first-order chi connectivity index (χ1) is 7.60. The van der Waals surface area contributed by atoms with Crippen LogP contribution in [0.25, 0.3) is 0 Å². The van der Waals surface area contributed by atoms with Gasteiger partial charge in [0.1, 0.15) is 5.25 Å². The van der Waals surface area contributed by atoms with Gasteiger partial charge in [-0.2, -0.15) is 0 Å². The monoisotopic (exact) mass is 242 g/mol. The molecule has 0 aliphatic rings. The second-order valence-electron chi connectivity index (χ2n) is 3.18. The summed E-state index contributed by atoms with van der Waals surface area (Å²) in [5.41, 5.74) is -0.227. The number of carboxylic acids is 1. The summed E-state index contributed by atoms with van der Waals surface area (Å²) in [5.74, 6) is -0.916. The van der Waals surface area contributed by atoms with Crippen LogP contribution in [0.15, 0.2) is 22.2 Å². The van der Waals surface area contributed by atoms with Crippen molar-refractivity contribution in [1.29, 1.82) is 0 Å². The Morgan fingerprint density at radius 3 is 2.81 bits per heavy atom. The Balaban J connectivity index is 2.97. The number of carbonyl (C=O) groups is 1. The second kappa shape index (κ2) is 5.69. The number of thioether (sulfide) groups is 1. The lowest BCUT2D eigenvalue weighted by molar-refractivity contribution is -0.136. The highest BCUT2D eigenvalue weighted by Gasteiger charge is 2.19. The molecule has 16 heavy (non-hydrogen) atoms. The number of carboxylic acid groups (broad SMARTS) is 1. The topological polar surface area (TPSA) is 72.2 Å². The highest BCUT2D eigenvalue weighted by molar-refractivity contribution is 8.00. The van der Waals surface area contributed by atoms with Crippen LogP contribution in [0.4, 0.5) is 0 Å². The molecule has 1 heterocycles. The van der Waals surface area contributed by atoms with E-state index in [9.17, 15) is 9.59 Å². The van der Waals surface area contributed by atoms with Gasteiger partial charge in [-0.3, -0.25) is 9.59 Å². The third-order valence-corrected chi connectivity index (χ3v) is 3.45. The van der Waals surface area contributed by atoms with Crippen molar-refractivity contribution in [3.63, 3.8) is 0 Å². The molecule has 1 aromatic rings. The molecule has 0 radical (unpaired) electrons. The quantitative estimate of drug-likeness (QED) is 0.786. The van der Waals surface area contributed by atoms with Crippen LogP contribution in [-0.4, -0.2) is 25.9 Å². The molecule has 5 nitrogen and oxygen atoms in total. The van der Waals surface area contributed by atoms with E-state index in [0.717, 1.165) is 11.8 Å². The van der Waals surface area contributed by atoms with E-state index in [1.807, 2.05) is 6.92 Å². The van der Waals surface area contributed by atoms with E-state index in [1.165, 1.54) is 10.8 Å². The van der Waals surface area contributed by atoms with Crippen LogP contribution >= 0.6 is 11.8 Å². The third-order valence-electron chi connectivity index (χ3n) is 2.12. The molecule has 0 aliphatic carbocycles. The Labute approximate surface area is 97.5 Å². The van der Waals surface area contributed by atoms with Gasteiger partial charge in [0.05, 0.1) is 0 Å². The van der Waals surface area contributed by atoms with Gasteiger partial charge in [0.15, 0.2) is 5.03 Å². The summed E-state index contributed by atoms with van der Waals surface area (Å²) >= 11 is 1.01. The van der Waals surface area contributed by atoms with E-state index in [-0.39, 0.29) is 10.6 Å². The van der Waals surface area contributed by atoms with E-state index in [0.29, 0.717) is 13.0 Å². The van der Waals surface area contributed by atoms with Gasteiger partial charge >= 0.3 is 5.97 Å². The van der Waals surface area contributed by atoms with Crippen molar-refractivity contribution in [2.75, 3.05) is 0 Å². The summed E-state index contributed by atoms with van der Waals surface area (Å²) in [6, 6.07) is 0. The zero-order valence-corrected chi connectivity index (χ0v) is 10.0. The zero-order valence-electron chi connectivity index (χ0n) is 9.21. The molecule has 1 aromatic heterocycles. The van der Waals surface area contributed by atoms with Crippen LogP contribution in [0.5, 0.6) is 0 Å². The second-order valence-corrected chi connectivity index (χ2v) is 4.37. The van der Waals surface area contributed by atoms with Gasteiger partial charge in [-0.1, -0.05) is 18.7 Å². The molecule has 6 heteroatoms. The molecule has 0 aromatic carbocycles. The number of aliphatic carboxylic acids is 1. The number of hydrogen-bond acceptors (Lipinski definition) is 4. The smallest absolute Gasteiger partial charge is 0.317 e. The molecular formula is C10H14N2O3S. The first-order valence-electron chi connectivity index (χ1n) is 5.05. The first kappa shape index (κ1) is 12.8. The summed E-state index contributed by atoms with van der Waals surface area (Å²) in [7, 11) is 0. The molecule has 0 fully saturated rings. The van der Waals surface area contributed by atoms with E-state index in [2.05, 4.69) is 4.98 Å². The van der Waals surface area contributed by atoms with Crippen LogP contribution in [0, 0.1) is 0 Å². The molecule has 1 unspecified atom stereocenters. The standard InChI is InChI=1S/C10H14N2O3S/c1-3-7(10(14)15)16-8-9(13)12(4-2)6-5-11-8/h5-7H,3-4H2,1-2H3,(H,14,15). The molecule has 0 saturated carbocycles. The molecule has 0 spiro atoms. The highest BCUT2D eigenvalue weighted by Crippen LogP contribution is 2.20. The molecule has 88 valence electrons. The molecule has 0 amide bonds. The van der Waals surface area contributed by atoms with E-state index >= 15 is 0 Å². The minimum Gasteiger partial charge on any atom is -0.480 e. The zero-order chi connectivity index (χ0) is 12.1. The largest absolute Gasteiger partial charge is 0.480 e. The number of aryl methyl sites for hydroxylation is 1. The highest BCUT2D eigenvalue weighted by atomic mass is 32.2. The molecule has 0 aliphatic heterocycles. The molecule has 0 saturated heterocycles. The lowest BCUT2D eigenvalue weighted by atomic mass is 10.3. The van der Waals surface area contributed by atoms with Crippen molar-refractivity contribution in [3.05, 3.63) is 22.7 Å². The van der Waals surface area contributed by atoms with E-state index < -0.39 is 11.2 Å². The third kappa shape index (κ3) is 2.85. The average molecular weight is 242 g/mol. The van der Waals surface area contributed by atoms with Gasteiger partial charge in [0.2, 0.25) is 0 Å². The number of aromatic nitrogens is 2. The van der Waals surface area contributed by atoms with Gasteiger partial charge in [-0.15, -0.1) is 0 Å². The summed E-state index contributed by atoms with van der Waals surface area (Å²) < 4.78 is 1.50. The summed E-state index contributed by atoms with van der Waals surface area (Å²) in [6.07, 6.45) is 3.57. The summed E-state index contributed by atoms with van der Waals surface area (Å²) in [5, 5.41) is 8.53. The fraction of sp³-hybridized carbons (Fsp3) is 0.500. The predicted octanol–water partition coefficient (Wildman–Crippen LogP) is 1.22. The maximum absolute atomic E-state index is 11.8. The predicted molar refractivity (Wildman–Crippen MR) is 61.7 cm³/mol. The van der Waals surface area contributed by atoms with E-state index in [1.54, 1.807) is 13.1 Å². The molecular weight excluding hydrogens is 228 g/mol. The van der Waals surface area contributed by atoms with Crippen LogP contribution in [0.1, 0.15) is 20.3 Å². The van der Waals surface area contributed by atoms with Gasteiger partial charge in [0.25, 0.3) is 5.56 Å².